The maximum Gasteiger partial charge on any atom is 0.306 e. The normalized spacial score (nSPS) is 10.1. The van der Waals surface area contributed by atoms with Gasteiger partial charge in [0.15, 0.2) is 0 Å². The minimum atomic E-state index is -0.110. The highest BCUT2D eigenvalue weighted by Gasteiger charge is 2.03. The van der Waals surface area contributed by atoms with Gasteiger partial charge in [0.25, 0.3) is 0 Å². The van der Waals surface area contributed by atoms with Crippen LogP contribution in [0.25, 0.3) is 0 Å². The van der Waals surface area contributed by atoms with Crippen LogP contribution >= 0.6 is 0 Å². The molecule has 1 rings (SSSR count). The predicted octanol–water partition coefficient (Wildman–Crippen LogP) is 8.56. The number of nitrogens with zero attached hydrogens (tertiary/aromatic N) is 1. The quantitative estimate of drug-likeness (QED) is 0.110. The van der Waals surface area contributed by atoms with Crippen LogP contribution in [0.4, 0.5) is 0 Å². The van der Waals surface area contributed by atoms with Crippen molar-refractivity contribution in [2.45, 2.75) is 136 Å². The third kappa shape index (κ3) is 20.4. The summed E-state index contributed by atoms with van der Waals surface area (Å²) in [6, 6.07) is 3.73. The van der Waals surface area contributed by atoms with Gasteiger partial charge in [-0.3, -0.25) is 9.78 Å². The van der Waals surface area contributed by atoms with E-state index in [9.17, 15) is 4.79 Å². The Kier molecular flexibility index (Phi) is 20.9. The van der Waals surface area contributed by atoms with E-state index in [-0.39, 0.29) is 5.97 Å². The molecular weight excluding hydrogens is 418 g/mol. The lowest BCUT2D eigenvalue weighted by atomic mass is 10.1. The molecule has 0 aromatic carbocycles. The van der Waals surface area contributed by atoms with Gasteiger partial charge in [-0.2, -0.15) is 0 Å². The Morgan fingerprint density at radius 3 is 1.71 bits per heavy atom. The molecule has 1 heterocycles. The minimum absolute atomic E-state index is 0.110. The average Bonchev–Trinajstić information content (AvgIpc) is 2.86. The van der Waals surface area contributed by atoms with E-state index < -0.39 is 0 Å². The fraction of sp³-hybridized carbons (Fsp3) is 0.677. The number of unbranched alkanes of at least 4 members (excludes halogenated alkanes) is 16. The summed E-state index contributed by atoms with van der Waals surface area (Å²) in [4.78, 5) is 15.7. The van der Waals surface area contributed by atoms with Crippen molar-refractivity contribution in [1.82, 2.24) is 4.98 Å². The summed E-state index contributed by atoms with van der Waals surface area (Å²) in [6.45, 7) is 2.61. The van der Waals surface area contributed by atoms with Crippen molar-refractivity contribution >= 4 is 5.97 Å². The summed E-state index contributed by atoms with van der Waals surface area (Å²) in [6.07, 6.45) is 26.2. The Hall–Kier alpha value is -2.26. The maximum atomic E-state index is 11.8. The first-order valence-corrected chi connectivity index (χ1v) is 13.8. The predicted molar refractivity (Wildman–Crippen MR) is 143 cm³/mol. The molecule has 188 valence electrons. The Bertz CT molecular complexity index is 721. The SMILES string of the molecule is CCCCCCCCCCCCC#CC#CCCCCCCCCC(=O)OCc1ccncc1. The first-order valence-electron chi connectivity index (χ1n) is 13.8. The van der Waals surface area contributed by atoms with E-state index in [1.807, 2.05) is 12.1 Å². The molecule has 0 amide bonds. The van der Waals surface area contributed by atoms with Crippen molar-refractivity contribution in [3.63, 3.8) is 0 Å². The monoisotopic (exact) mass is 465 g/mol. The molecule has 3 nitrogen and oxygen atoms in total. The average molecular weight is 466 g/mol. The van der Waals surface area contributed by atoms with Crippen LogP contribution in [0.15, 0.2) is 24.5 Å². The standard InChI is InChI=1S/C31H47NO2/c1-2-3-4-5-6-7-8-9-10-11-12-13-14-15-16-17-18-19-20-21-22-23-24-31(33)34-29-30-25-27-32-28-26-30/h25-28H,2-12,17-24,29H2,1H3. The van der Waals surface area contributed by atoms with Crippen molar-refractivity contribution in [2.75, 3.05) is 0 Å². The molecule has 0 fully saturated rings. The molecule has 34 heavy (non-hydrogen) atoms. The van der Waals surface area contributed by atoms with Crippen LogP contribution in [-0.2, 0) is 16.1 Å². The van der Waals surface area contributed by atoms with E-state index in [2.05, 4.69) is 35.6 Å². The van der Waals surface area contributed by atoms with Crippen LogP contribution in [0.2, 0.25) is 0 Å². The fourth-order valence-electron chi connectivity index (χ4n) is 3.82. The summed E-state index contributed by atoms with van der Waals surface area (Å²) < 4.78 is 5.28. The van der Waals surface area contributed by atoms with Crippen LogP contribution in [-0.4, -0.2) is 11.0 Å². The number of pyridine rings is 1. The molecule has 1 aromatic heterocycles. The minimum Gasteiger partial charge on any atom is -0.461 e. The van der Waals surface area contributed by atoms with Crippen molar-refractivity contribution in [2.24, 2.45) is 0 Å². The number of hydrogen-bond donors (Lipinski definition) is 0. The molecule has 0 saturated heterocycles. The second-order valence-electron chi connectivity index (χ2n) is 9.17. The van der Waals surface area contributed by atoms with Crippen LogP contribution < -0.4 is 0 Å². The number of ether oxygens (including phenoxy) is 1. The number of hydrogen-bond acceptors (Lipinski definition) is 3. The molecule has 0 unspecified atom stereocenters. The molecule has 0 N–H and O–H groups in total. The summed E-state index contributed by atoms with van der Waals surface area (Å²) in [5.74, 6) is 12.3. The van der Waals surface area contributed by atoms with Crippen LogP contribution in [0, 0.1) is 23.7 Å². The van der Waals surface area contributed by atoms with Crippen molar-refractivity contribution in [1.29, 1.82) is 0 Å². The number of aromatic nitrogens is 1. The molecule has 3 heteroatoms. The second-order valence-corrected chi connectivity index (χ2v) is 9.17. The number of rotatable bonds is 20. The Morgan fingerprint density at radius 2 is 1.18 bits per heavy atom. The lowest BCUT2D eigenvalue weighted by molar-refractivity contribution is -0.145. The third-order valence-electron chi connectivity index (χ3n) is 5.98. The molecular formula is C31H47NO2. The van der Waals surface area contributed by atoms with Gasteiger partial charge in [0.05, 0.1) is 0 Å². The first-order chi connectivity index (χ1) is 16.8. The molecule has 0 bridgehead atoms. The Balaban J connectivity index is 1.81. The van der Waals surface area contributed by atoms with Gasteiger partial charge < -0.3 is 4.74 Å². The van der Waals surface area contributed by atoms with Gasteiger partial charge in [-0.1, -0.05) is 102 Å². The second kappa shape index (κ2) is 23.9. The maximum absolute atomic E-state index is 11.8. The van der Waals surface area contributed by atoms with Gasteiger partial charge in [0.1, 0.15) is 6.61 Å². The van der Waals surface area contributed by atoms with Gasteiger partial charge in [0.2, 0.25) is 0 Å². The van der Waals surface area contributed by atoms with E-state index in [1.54, 1.807) is 12.4 Å². The van der Waals surface area contributed by atoms with Gasteiger partial charge in [-0.25, -0.2) is 0 Å². The molecule has 0 aliphatic carbocycles. The van der Waals surface area contributed by atoms with Gasteiger partial charge in [-0.15, -0.1) is 0 Å². The van der Waals surface area contributed by atoms with E-state index >= 15 is 0 Å². The van der Waals surface area contributed by atoms with Gasteiger partial charge in [-0.05, 0) is 48.8 Å². The summed E-state index contributed by atoms with van der Waals surface area (Å²) in [5, 5.41) is 0. The van der Waals surface area contributed by atoms with E-state index in [4.69, 9.17) is 4.74 Å². The Morgan fingerprint density at radius 1 is 0.706 bits per heavy atom. The van der Waals surface area contributed by atoms with Crippen LogP contribution in [0.1, 0.15) is 134 Å². The largest absolute Gasteiger partial charge is 0.461 e. The van der Waals surface area contributed by atoms with Crippen LogP contribution in [0.3, 0.4) is 0 Å². The van der Waals surface area contributed by atoms with Gasteiger partial charge in [0, 0.05) is 31.7 Å². The van der Waals surface area contributed by atoms with Crippen molar-refractivity contribution in [3.05, 3.63) is 30.1 Å². The molecule has 0 radical (unpaired) electrons. The molecule has 0 aliphatic heterocycles. The highest BCUT2D eigenvalue weighted by atomic mass is 16.5. The highest BCUT2D eigenvalue weighted by molar-refractivity contribution is 5.69. The summed E-state index contributed by atoms with van der Waals surface area (Å²) in [5.41, 5.74) is 0.978. The zero-order valence-corrected chi connectivity index (χ0v) is 21.7. The molecule has 1 aromatic rings. The fourth-order valence-corrected chi connectivity index (χ4v) is 3.82. The van der Waals surface area contributed by atoms with E-state index in [0.29, 0.717) is 13.0 Å². The van der Waals surface area contributed by atoms with E-state index in [1.165, 1.54) is 83.5 Å². The lowest BCUT2D eigenvalue weighted by Gasteiger charge is -2.04. The molecule has 0 saturated carbocycles. The third-order valence-corrected chi connectivity index (χ3v) is 5.98. The highest BCUT2D eigenvalue weighted by Crippen LogP contribution is 2.11. The van der Waals surface area contributed by atoms with Crippen molar-refractivity contribution in [3.8, 4) is 23.7 Å². The molecule has 0 aliphatic rings. The molecule has 0 spiro atoms. The zero-order chi connectivity index (χ0) is 24.4. The van der Waals surface area contributed by atoms with E-state index in [0.717, 1.165) is 37.7 Å². The Labute approximate surface area is 209 Å². The number of carbonyl (C=O) groups is 1. The van der Waals surface area contributed by atoms with Crippen LogP contribution in [0.5, 0.6) is 0 Å². The summed E-state index contributed by atoms with van der Waals surface area (Å²) >= 11 is 0. The number of esters is 1. The smallest absolute Gasteiger partial charge is 0.306 e. The lowest BCUT2D eigenvalue weighted by Crippen LogP contribution is -2.04. The first kappa shape index (κ1) is 29.8. The zero-order valence-electron chi connectivity index (χ0n) is 21.7. The molecule has 0 atom stereocenters. The summed E-state index contributed by atoms with van der Waals surface area (Å²) in [7, 11) is 0. The topological polar surface area (TPSA) is 39.2 Å². The number of carbonyl (C=O) groups excluding carboxylic acids is 1. The van der Waals surface area contributed by atoms with Gasteiger partial charge >= 0.3 is 5.97 Å². The van der Waals surface area contributed by atoms with Crippen molar-refractivity contribution < 1.29 is 9.53 Å².